The van der Waals surface area contributed by atoms with Gasteiger partial charge in [0.05, 0.1) is 18.1 Å². The third kappa shape index (κ3) is 2.12. The molecule has 1 aromatic rings. The number of nitrogens with zero attached hydrogens (tertiary/aromatic N) is 2. The highest BCUT2D eigenvalue weighted by atomic mass is 16.6. The third-order valence-corrected chi connectivity index (χ3v) is 2.83. The van der Waals surface area contributed by atoms with E-state index in [2.05, 4.69) is 0 Å². The Labute approximate surface area is 103 Å². The van der Waals surface area contributed by atoms with Crippen LogP contribution in [0.3, 0.4) is 0 Å². The molecule has 0 saturated carbocycles. The van der Waals surface area contributed by atoms with Gasteiger partial charge in [0.25, 0.3) is 5.69 Å². The monoisotopic (exact) mass is 251 g/mol. The quantitative estimate of drug-likeness (QED) is 0.628. The van der Waals surface area contributed by atoms with Crippen LogP contribution in [0.1, 0.15) is 6.42 Å². The lowest BCUT2D eigenvalue weighted by molar-refractivity contribution is -0.384. The predicted octanol–water partition coefficient (Wildman–Crippen LogP) is 0.667. The van der Waals surface area contributed by atoms with Gasteiger partial charge in [0.15, 0.2) is 0 Å². The normalized spacial score (nSPS) is 19.1. The zero-order valence-electron chi connectivity index (χ0n) is 9.83. The van der Waals surface area contributed by atoms with E-state index in [4.69, 9.17) is 10.5 Å². The van der Waals surface area contributed by atoms with E-state index in [1.807, 2.05) is 0 Å². The molecule has 96 valence electrons. The van der Waals surface area contributed by atoms with Crippen LogP contribution in [0.15, 0.2) is 18.2 Å². The molecule has 0 spiro atoms. The van der Waals surface area contributed by atoms with Crippen molar-refractivity contribution in [1.82, 2.24) is 0 Å². The summed E-state index contributed by atoms with van der Waals surface area (Å²) in [7, 11) is 1.43. The number of nitro groups is 1. The van der Waals surface area contributed by atoms with Gasteiger partial charge in [0, 0.05) is 19.0 Å². The van der Waals surface area contributed by atoms with Crippen LogP contribution in [0.25, 0.3) is 0 Å². The first-order chi connectivity index (χ1) is 8.52. The van der Waals surface area contributed by atoms with Gasteiger partial charge in [-0.2, -0.15) is 0 Å². The number of benzene rings is 1. The van der Waals surface area contributed by atoms with Gasteiger partial charge in [-0.05, 0) is 12.1 Å². The van der Waals surface area contributed by atoms with Crippen LogP contribution in [0, 0.1) is 10.1 Å². The second kappa shape index (κ2) is 4.61. The highest BCUT2D eigenvalue weighted by Crippen LogP contribution is 2.34. The molecule has 2 N–H and O–H groups in total. The number of nitrogens with two attached hydrogens (primary N) is 1. The standard InChI is InChI=1S/C11H13N3O4/c1-18-8-2-3-9(10(5-8)14(16)17)13-6-7(12)4-11(13)15/h2-3,5,7H,4,6,12H2,1H3. The zero-order chi connectivity index (χ0) is 13.3. The van der Waals surface area contributed by atoms with Crippen LogP contribution in [-0.4, -0.2) is 30.5 Å². The lowest BCUT2D eigenvalue weighted by Crippen LogP contribution is -2.28. The van der Waals surface area contributed by atoms with Crippen LogP contribution < -0.4 is 15.4 Å². The fourth-order valence-corrected chi connectivity index (χ4v) is 1.97. The maximum Gasteiger partial charge on any atom is 0.296 e. The van der Waals surface area contributed by atoms with E-state index in [1.54, 1.807) is 6.07 Å². The lowest BCUT2D eigenvalue weighted by Gasteiger charge is -2.16. The lowest BCUT2D eigenvalue weighted by atomic mass is 10.2. The van der Waals surface area contributed by atoms with Crippen LogP contribution >= 0.6 is 0 Å². The highest BCUT2D eigenvalue weighted by Gasteiger charge is 2.32. The van der Waals surface area contributed by atoms with Gasteiger partial charge in [0.1, 0.15) is 11.4 Å². The maximum atomic E-state index is 11.7. The fraction of sp³-hybridized carbons (Fsp3) is 0.364. The van der Waals surface area contributed by atoms with Gasteiger partial charge in [-0.1, -0.05) is 0 Å². The molecule has 7 heteroatoms. The Balaban J connectivity index is 2.44. The molecule has 0 radical (unpaired) electrons. The molecule has 7 nitrogen and oxygen atoms in total. The molecular weight excluding hydrogens is 238 g/mol. The number of amides is 1. The summed E-state index contributed by atoms with van der Waals surface area (Å²) >= 11 is 0. The molecule has 0 aliphatic carbocycles. The first-order valence-electron chi connectivity index (χ1n) is 5.41. The summed E-state index contributed by atoms with van der Waals surface area (Å²) in [6.45, 7) is 0.298. The number of carbonyl (C=O) groups is 1. The van der Waals surface area contributed by atoms with Crippen molar-refractivity contribution < 1.29 is 14.5 Å². The minimum absolute atomic E-state index is 0.156. The van der Waals surface area contributed by atoms with E-state index in [1.165, 1.54) is 24.1 Å². The number of anilines is 1. The number of carbonyl (C=O) groups excluding carboxylic acids is 1. The van der Waals surface area contributed by atoms with Gasteiger partial charge < -0.3 is 15.4 Å². The molecule has 1 aliphatic rings. The van der Waals surface area contributed by atoms with Gasteiger partial charge in [-0.25, -0.2) is 0 Å². The van der Waals surface area contributed by atoms with Crippen molar-refractivity contribution in [1.29, 1.82) is 0 Å². The van der Waals surface area contributed by atoms with Crippen LogP contribution in [0.5, 0.6) is 5.75 Å². The molecule has 0 aromatic heterocycles. The Kier molecular flexibility index (Phi) is 3.15. The van der Waals surface area contributed by atoms with E-state index >= 15 is 0 Å². The smallest absolute Gasteiger partial charge is 0.296 e. The Hall–Kier alpha value is -2.15. The predicted molar refractivity (Wildman–Crippen MR) is 64.6 cm³/mol. The van der Waals surface area contributed by atoms with Crippen molar-refractivity contribution in [3.8, 4) is 5.75 Å². The average molecular weight is 251 g/mol. The van der Waals surface area contributed by atoms with Crippen molar-refractivity contribution >= 4 is 17.3 Å². The summed E-state index contributed by atoms with van der Waals surface area (Å²) in [5.41, 5.74) is 5.79. The topological polar surface area (TPSA) is 98.7 Å². The molecular formula is C11H13N3O4. The zero-order valence-corrected chi connectivity index (χ0v) is 9.83. The molecule has 1 atom stereocenters. The molecule has 1 saturated heterocycles. The first-order valence-corrected chi connectivity index (χ1v) is 5.41. The number of hydrogen-bond donors (Lipinski definition) is 1. The molecule has 1 fully saturated rings. The maximum absolute atomic E-state index is 11.7. The van der Waals surface area contributed by atoms with E-state index in [9.17, 15) is 14.9 Å². The van der Waals surface area contributed by atoms with Crippen LogP contribution in [0.2, 0.25) is 0 Å². The minimum Gasteiger partial charge on any atom is -0.496 e. The minimum atomic E-state index is -0.533. The molecule has 18 heavy (non-hydrogen) atoms. The Bertz CT molecular complexity index is 503. The summed E-state index contributed by atoms with van der Waals surface area (Å²) in [4.78, 5) is 23.5. The summed E-state index contributed by atoms with van der Waals surface area (Å²) in [5.74, 6) is 0.178. The van der Waals surface area contributed by atoms with Crippen molar-refractivity contribution in [2.24, 2.45) is 5.73 Å². The van der Waals surface area contributed by atoms with Crippen molar-refractivity contribution in [2.45, 2.75) is 12.5 Å². The van der Waals surface area contributed by atoms with E-state index in [0.29, 0.717) is 12.3 Å². The van der Waals surface area contributed by atoms with Gasteiger partial charge >= 0.3 is 0 Å². The summed E-state index contributed by atoms with van der Waals surface area (Å²) in [6, 6.07) is 4.11. The van der Waals surface area contributed by atoms with Gasteiger partial charge in [0.2, 0.25) is 5.91 Å². The number of rotatable bonds is 3. The van der Waals surface area contributed by atoms with E-state index in [-0.39, 0.29) is 29.7 Å². The Morgan fingerprint density at radius 1 is 1.56 bits per heavy atom. The third-order valence-electron chi connectivity index (χ3n) is 2.83. The summed E-state index contributed by atoms with van der Waals surface area (Å²) in [6.07, 6.45) is 0.211. The molecule has 1 aliphatic heterocycles. The fourth-order valence-electron chi connectivity index (χ4n) is 1.97. The number of nitro benzene ring substituents is 1. The second-order valence-corrected chi connectivity index (χ2v) is 4.08. The SMILES string of the molecule is COc1ccc(N2CC(N)CC2=O)c([N+](=O)[O-])c1. The average Bonchev–Trinajstić information content (AvgIpc) is 2.67. The van der Waals surface area contributed by atoms with E-state index in [0.717, 1.165) is 0 Å². The van der Waals surface area contributed by atoms with E-state index < -0.39 is 4.92 Å². The molecule has 2 rings (SSSR count). The molecule has 1 unspecified atom stereocenters. The molecule has 0 bridgehead atoms. The van der Waals surface area contributed by atoms with Crippen LogP contribution in [-0.2, 0) is 4.79 Å². The molecule has 1 amide bonds. The summed E-state index contributed by atoms with van der Waals surface area (Å²) in [5, 5.41) is 11.0. The largest absolute Gasteiger partial charge is 0.496 e. The second-order valence-electron chi connectivity index (χ2n) is 4.08. The van der Waals surface area contributed by atoms with Crippen LogP contribution in [0.4, 0.5) is 11.4 Å². The number of ether oxygens (including phenoxy) is 1. The van der Waals surface area contributed by atoms with Gasteiger partial charge in [-0.15, -0.1) is 0 Å². The molecule has 1 aromatic carbocycles. The highest BCUT2D eigenvalue weighted by molar-refractivity contribution is 5.98. The Morgan fingerprint density at radius 3 is 2.78 bits per heavy atom. The number of hydrogen-bond acceptors (Lipinski definition) is 5. The Morgan fingerprint density at radius 2 is 2.28 bits per heavy atom. The van der Waals surface area contributed by atoms with Crippen molar-refractivity contribution in [2.75, 3.05) is 18.6 Å². The first kappa shape index (κ1) is 12.3. The number of methoxy groups -OCH3 is 1. The van der Waals surface area contributed by atoms with Crippen molar-refractivity contribution in [3.63, 3.8) is 0 Å². The molecule has 1 heterocycles. The van der Waals surface area contributed by atoms with Gasteiger partial charge in [-0.3, -0.25) is 14.9 Å². The summed E-state index contributed by atoms with van der Waals surface area (Å²) < 4.78 is 4.94. The van der Waals surface area contributed by atoms with Crippen molar-refractivity contribution in [3.05, 3.63) is 28.3 Å².